The zero-order valence-corrected chi connectivity index (χ0v) is 10.3. The number of hydrogen-bond acceptors (Lipinski definition) is 5. The minimum Gasteiger partial charge on any atom is -0.469 e. The van der Waals surface area contributed by atoms with Crippen molar-refractivity contribution in [3.8, 4) is 0 Å². The predicted molar refractivity (Wildman–Crippen MR) is 61.0 cm³/mol. The second-order valence-electron chi connectivity index (χ2n) is 4.23. The molecule has 0 aliphatic heterocycles. The van der Waals surface area contributed by atoms with Gasteiger partial charge >= 0.3 is 5.97 Å². The number of rotatable bonds is 5. The van der Waals surface area contributed by atoms with Gasteiger partial charge < -0.3 is 4.74 Å². The third kappa shape index (κ3) is 3.39. The molecule has 1 aromatic heterocycles. The van der Waals surface area contributed by atoms with Gasteiger partial charge in [-0.05, 0) is 18.3 Å². The number of ether oxygens (including phenoxy) is 1. The topological polar surface area (TPSA) is 52.1 Å². The fourth-order valence-corrected chi connectivity index (χ4v) is 2.60. The van der Waals surface area contributed by atoms with Crippen LogP contribution in [0.15, 0.2) is 17.6 Å². The Morgan fingerprint density at radius 3 is 2.71 bits per heavy atom. The maximum atomic E-state index is 12.6. The van der Waals surface area contributed by atoms with Crippen LogP contribution in [0.2, 0.25) is 0 Å². The Labute approximate surface area is 103 Å². The average molecular weight is 256 g/mol. The van der Waals surface area contributed by atoms with Gasteiger partial charge in [0, 0.05) is 5.75 Å². The average Bonchev–Trinajstić information content (AvgIpc) is 3.09. The van der Waals surface area contributed by atoms with Crippen LogP contribution in [0.4, 0.5) is 4.39 Å². The number of hydrogen-bond donors (Lipinski definition) is 0. The van der Waals surface area contributed by atoms with Crippen LogP contribution in [0.5, 0.6) is 0 Å². The van der Waals surface area contributed by atoms with E-state index in [9.17, 15) is 9.18 Å². The van der Waals surface area contributed by atoms with Crippen molar-refractivity contribution in [2.45, 2.75) is 24.4 Å². The van der Waals surface area contributed by atoms with Gasteiger partial charge in [0.1, 0.15) is 0 Å². The highest BCUT2D eigenvalue weighted by Gasteiger charge is 2.44. The molecule has 0 bridgehead atoms. The van der Waals surface area contributed by atoms with Gasteiger partial charge in [-0.2, -0.15) is 0 Å². The van der Waals surface area contributed by atoms with Crippen molar-refractivity contribution in [3.05, 3.63) is 18.2 Å². The van der Waals surface area contributed by atoms with Crippen LogP contribution in [0.3, 0.4) is 0 Å². The van der Waals surface area contributed by atoms with E-state index in [-0.39, 0.29) is 11.4 Å². The maximum absolute atomic E-state index is 12.6. The molecule has 1 heterocycles. The van der Waals surface area contributed by atoms with E-state index in [4.69, 9.17) is 0 Å². The standard InChI is InChI=1S/C11H13FN2O2S/c1-16-9(15)4-11(2-3-11)7-17-10-13-5-8(12)6-14-10/h5-6H,2-4,7H2,1H3. The molecular weight excluding hydrogens is 243 g/mol. The number of aromatic nitrogens is 2. The summed E-state index contributed by atoms with van der Waals surface area (Å²) in [6, 6.07) is 0. The van der Waals surface area contributed by atoms with Crippen LogP contribution in [-0.2, 0) is 9.53 Å². The molecule has 1 aliphatic carbocycles. The summed E-state index contributed by atoms with van der Waals surface area (Å²) in [6.07, 6.45) is 4.79. The van der Waals surface area contributed by atoms with E-state index >= 15 is 0 Å². The summed E-state index contributed by atoms with van der Waals surface area (Å²) in [5.74, 6) is 0.154. The summed E-state index contributed by atoms with van der Waals surface area (Å²) in [5, 5.41) is 0.544. The van der Waals surface area contributed by atoms with Gasteiger partial charge in [-0.25, -0.2) is 14.4 Å². The molecule has 1 aliphatic rings. The third-order valence-corrected chi connectivity index (χ3v) is 4.03. The maximum Gasteiger partial charge on any atom is 0.306 e. The van der Waals surface area contributed by atoms with Crippen LogP contribution in [0.25, 0.3) is 0 Å². The molecule has 17 heavy (non-hydrogen) atoms. The number of carbonyl (C=O) groups is 1. The number of carbonyl (C=O) groups excluding carboxylic acids is 1. The molecule has 1 aromatic rings. The molecule has 0 atom stereocenters. The van der Waals surface area contributed by atoms with E-state index in [1.54, 1.807) is 0 Å². The molecule has 2 rings (SSSR count). The Morgan fingerprint density at radius 2 is 2.18 bits per heavy atom. The molecule has 0 aromatic carbocycles. The summed E-state index contributed by atoms with van der Waals surface area (Å²) < 4.78 is 17.3. The zero-order chi connectivity index (χ0) is 12.3. The van der Waals surface area contributed by atoms with E-state index in [1.807, 2.05) is 0 Å². The normalized spacial score (nSPS) is 16.6. The number of halogens is 1. The van der Waals surface area contributed by atoms with E-state index in [0.717, 1.165) is 31.0 Å². The first-order valence-electron chi connectivity index (χ1n) is 5.31. The van der Waals surface area contributed by atoms with Gasteiger partial charge in [0.25, 0.3) is 0 Å². The minimum absolute atomic E-state index is 0.0372. The van der Waals surface area contributed by atoms with E-state index in [2.05, 4.69) is 14.7 Å². The molecule has 6 heteroatoms. The largest absolute Gasteiger partial charge is 0.469 e. The molecule has 0 N–H and O–H groups in total. The summed E-state index contributed by atoms with van der Waals surface area (Å²) >= 11 is 1.45. The van der Waals surface area contributed by atoms with E-state index in [0.29, 0.717) is 11.6 Å². The summed E-state index contributed by atoms with van der Waals surface area (Å²) in [6.45, 7) is 0. The van der Waals surface area contributed by atoms with Crippen molar-refractivity contribution in [2.75, 3.05) is 12.9 Å². The fraction of sp³-hybridized carbons (Fsp3) is 0.545. The van der Waals surface area contributed by atoms with Crippen molar-refractivity contribution < 1.29 is 13.9 Å². The lowest BCUT2D eigenvalue weighted by Gasteiger charge is -2.11. The van der Waals surface area contributed by atoms with Gasteiger partial charge in [0.05, 0.1) is 25.9 Å². The lowest BCUT2D eigenvalue weighted by atomic mass is 10.1. The SMILES string of the molecule is COC(=O)CC1(CSc2ncc(F)cn2)CC1. The molecule has 4 nitrogen and oxygen atoms in total. The van der Waals surface area contributed by atoms with Crippen LogP contribution in [0, 0.1) is 11.2 Å². The minimum atomic E-state index is -0.440. The Bertz CT molecular complexity index is 406. The second kappa shape index (κ2) is 5.00. The number of nitrogens with zero attached hydrogens (tertiary/aromatic N) is 2. The monoisotopic (exact) mass is 256 g/mol. The summed E-state index contributed by atoms with van der Waals surface area (Å²) in [7, 11) is 1.40. The Hall–Kier alpha value is -1.17. The Kier molecular flexibility index (Phi) is 3.61. The third-order valence-electron chi connectivity index (χ3n) is 2.81. The Morgan fingerprint density at radius 1 is 1.53 bits per heavy atom. The molecule has 0 amide bonds. The van der Waals surface area contributed by atoms with E-state index in [1.165, 1.54) is 18.9 Å². The van der Waals surface area contributed by atoms with Crippen LogP contribution in [0.1, 0.15) is 19.3 Å². The fourth-order valence-electron chi connectivity index (χ4n) is 1.52. The second-order valence-corrected chi connectivity index (χ2v) is 5.17. The molecule has 92 valence electrons. The summed E-state index contributed by atoms with van der Waals surface area (Å²) in [4.78, 5) is 18.9. The first-order valence-corrected chi connectivity index (χ1v) is 6.29. The molecule has 1 saturated carbocycles. The number of esters is 1. The number of methoxy groups -OCH3 is 1. The first-order chi connectivity index (χ1) is 8.13. The van der Waals surface area contributed by atoms with Gasteiger partial charge in [-0.15, -0.1) is 0 Å². The van der Waals surface area contributed by atoms with E-state index < -0.39 is 5.82 Å². The molecule has 0 unspecified atom stereocenters. The van der Waals surface area contributed by atoms with Gasteiger partial charge in [-0.3, -0.25) is 4.79 Å². The first kappa shape index (κ1) is 12.3. The zero-order valence-electron chi connectivity index (χ0n) is 9.48. The highest BCUT2D eigenvalue weighted by atomic mass is 32.2. The number of thioether (sulfide) groups is 1. The van der Waals surface area contributed by atoms with Gasteiger partial charge in [0.2, 0.25) is 0 Å². The van der Waals surface area contributed by atoms with Crippen molar-refractivity contribution in [1.29, 1.82) is 0 Å². The van der Waals surface area contributed by atoms with Crippen molar-refractivity contribution in [3.63, 3.8) is 0 Å². The smallest absolute Gasteiger partial charge is 0.306 e. The van der Waals surface area contributed by atoms with Crippen molar-refractivity contribution in [1.82, 2.24) is 9.97 Å². The highest BCUT2D eigenvalue weighted by Crippen LogP contribution is 2.51. The Balaban J connectivity index is 1.85. The predicted octanol–water partition coefficient (Wildman–Crippen LogP) is 2.05. The molecule has 1 fully saturated rings. The molecular formula is C11H13FN2O2S. The van der Waals surface area contributed by atoms with Crippen LogP contribution < -0.4 is 0 Å². The van der Waals surface area contributed by atoms with Crippen LogP contribution >= 0.6 is 11.8 Å². The van der Waals surface area contributed by atoms with Crippen LogP contribution in [-0.4, -0.2) is 28.8 Å². The lowest BCUT2D eigenvalue weighted by molar-refractivity contribution is -0.141. The summed E-state index contributed by atoms with van der Waals surface area (Å²) in [5.41, 5.74) is 0.0372. The van der Waals surface area contributed by atoms with Crippen molar-refractivity contribution in [2.24, 2.45) is 5.41 Å². The highest BCUT2D eigenvalue weighted by molar-refractivity contribution is 7.99. The quantitative estimate of drug-likeness (QED) is 0.458. The van der Waals surface area contributed by atoms with Gasteiger partial charge in [0.15, 0.2) is 11.0 Å². The van der Waals surface area contributed by atoms with Crippen molar-refractivity contribution >= 4 is 17.7 Å². The molecule has 0 saturated heterocycles. The molecule has 0 radical (unpaired) electrons. The lowest BCUT2D eigenvalue weighted by Crippen LogP contribution is -2.13. The van der Waals surface area contributed by atoms with Gasteiger partial charge in [-0.1, -0.05) is 11.8 Å². The molecule has 0 spiro atoms.